The maximum Gasteiger partial charge on any atom is 0.324 e. The van der Waals surface area contributed by atoms with Crippen molar-refractivity contribution in [2.45, 2.75) is 11.8 Å². The van der Waals surface area contributed by atoms with Crippen LogP contribution in [-0.2, 0) is 19.6 Å². The number of sulfonamides is 1. The fraction of sp³-hybridized carbons (Fsp3) is 0.125. The number of aliphatic carboxylic acids is 1. The highest BCUT2D eigenvalue weighted by atomic mass is 35.5. The highest BCUT2D eigenvalue weighted by molar-refractivity contribution is 7.92. The van der Waals surface area contributed by atoms with E-state index in [9.17, 15) is 18.0 Å². The molecule has 0 spiro atoms. The second kappa shape index (κ2) is 7.54. The number of hydrogen-bond donors (Lipinski definition) is 2. The third-order valence-electron chi connectivity index (χ3n) is 3.16. The molecule has 0 atom stereocenters. The number of hydrogen-bond acceptors (Lipinski definition) is 4. The number of amides is 1. The summed E-state index contributed by atoms with van der Waals surface area (Å²) in [6, 6.07) is 11.5. The Morgan fingerprint density at radius 2 is 1.72 bits per heavy atom. The molecule has 0 bridgehead atoms. The number of carbonyl (C=O) groups excluding carboxylic acids is 1. The molecular weight excluding hydrogens is 368 g/mol. The summed E-state index contributed by atoms with van der Waals surface area (Å²) in [6.45, 7) is 0.552. The van der Waals surface area contributed by atoms with Gasteiger partial charge in [-0.1, -0.05) is 23.7 Å². The van der Waals surface area contributed by atoms with Crippen LogP contribution < -0.4 is 9.62 Å². The van der Waals surface area contributed by atoms with Gasteiger partial charge in [0.2, 0.25) is 5.91 Å². The van der Waals surface area contributed by atoms with Crippen molar-refractivity contribution >= 4 is 44.9 Å². The zero-order valence-electron chi connectivity index (χ0n) is 13.1. The van der Waals surface area contributed by atoms with Crippen LogP contribution in [0.5, 0.6) is 0 Å². The molecule has 0 radical (unpaired) electrons. The first-order chi connectivity index (χ1) is 11.7. The van der Waals surface area contributed by atoms with Gasteiger partial charge in [-0.15, -0.1) is 0 Å². The summed E-state index contributed by atoms with van der Waals surface area (Å²) >= 11 is 6.03. The summed E-state index contributed by atoms with van der Waals surface area (Å²) in [6.07, 6.45) is 0. The minimum atomic E-state index is -4.16. The lowest BCUT2D eigenvalue weighted by molar-refractivity contribution is -0.135. The molecule has 2 N–H and O–H groups in total. The van der Waals surface area contributed by atoms with Gasteiger partial charge in [-0.2, -0.15) is 0 Å². The summed E-state index contributed by atoms with van der Waals surface area (Å²) in [5.74, 6) is -1.61. The maximum atomic E-state index is 12.9. The molecule has 25 heavy (non-hydrogen) atoms. The summed E-state index contributed by atoms with van der Waals surface area (Å²) in [7, 11) is -4.16. The van der Waals surface area contributed by atoms with Crippen molar-refractivity contribution in [3.8, 4) is 0 Å². The fourth-order valence-electron chi connectivity index (χ4n) is 2.12. The van der Waals surface area contributed by atoms with Gasteiger partial charge in [-0.05, 0) is 36.4 Å². The molecule has 0 unspecified atom stereocenters. The number of nitrogens with one attached hydrogen (secondary N) is 1. The molecule has 2 aromatic rings. The Hall–Kier alpha value is -2.58. The van der Waals surface area contributed by atoms with Crippen LogP contribution in [0.3, 0.4) is 0 Å². The Morgan fingerprint density at radius 3 is 2.24 bits per heavy atom. The number of carbonyl (C=O) groups is 2. The van der Waals surface area contributed by atoms with Crippen molar-refractivity contribution in [1.82, 2.24) is 0 Å². The first-order valence-corrected chi connectivity index (χ1v) is 8.90. The number of rotatable bonds is 6. The van der Waals surface area contributed by atoms with Crippen LogP contribution >= 0.6 is 11.6 Å². The van der Waals surface area contributed by atoms with E-state index in [1.54, 1.807) is 12.1 Å². The highest BCUT2D eigenvalue weighted by Gasteiger charge is 2.28. The van der Waals surface area contributed by atoms with Crippen LogP contribution in [0.4, 0.5) is 11.4 Å². The summed E-state index contributed by atoms with van der Waals surface area (Å²) in [5, 5.41) is 11.7. The van der Waals surface area contributed by atoms with Crippen molar-refractivity contribution in [2.75, 3.05) is 16.2 Å². The molecule has 0 fully saturated rings. The van der Waals surface area contributed by atoms with E-state index in [2.05, 4.69) is 5.32 Å². The summed E-state index contributed by atoms with van der Waals surface area (Å²) in [5.41, 5.74) is 0.492. The topological polar surface area (TPSA) is 104 Å². The van der Waals surface area contributed by atoms with E-state index in [1.165, 1.54) is 43.3 Å². The Morgan fingerprint density at radius 1 is 1.12 bits per heavy atom. The molecule has 1 amide bonds. The summed E-state index contributed by atoms with van der Waals surface area (Å²) < 4.78 is 26.5. The Bertz CT molecular complexity index is 897. The molecule has 9 heteroatoms. The van der Waals surface area contributed by atoms with E-state index in [0.717, 1.165) is 4.31 Å². The molecule has 7 nitrogen and oxygen atoms in total. The van der Waals surface area contributed by atoms with Crippen LogP contribution in [0.25, 0.3) is 0 Å². The smallest absolute Gasteiger partial charge is 0.324 e. The van der Waals surface area contributed by atoms with Crippen molar-refractivity contribution in [1.29, 1.82) is 0 Å². The largest absolute Gasteiger partial charge is 0.480 e. The third kappa shape index (κ3) is 4.49. The van der Waals surface area contributed by atoms with E-state index in [0.29, 0.717) is 5.69 Å². The average molecular weight is 383 g/mol. The van der Waals surface area contributed by atoms with Gasteiger partial charge in [-0.3, -0.25) is 13.9 Å². The number of nitrogens with zero attached hydrogens (tertiary/aromatic N) is 1. The van der Waals surface area contributed by atoms with Crippen LogP contribution in [0.1, 0.15) is 6.92 Å². The average Bonchev–Trinajstić information content (AvgIpc) is 2.53. The zero-order chi connectivity index (χ0) is 18.6. The number of carboxylic acid groups (broad SMARTS) is 1. The molecular formula is C16H15ClN2O5S. The first kappa shape index (κ1) is 18.8. The van der Waals surface area contributed by atoms with Gasteiger partial charge in [0, 0.05) is 12.6 Å². The SMILES string of the molecule is CC(=O)Nc1ccc(S(=O)(=O)N(CC(=O)O)c2ccccc2Cl)cc1. The van der Waals surface area contributed by atoms with Crippen molar-refractivity contribution in [3.05, 3.63) is 53.6 Å². The van der Waals surface area contributed by atoms with Gasteiger partial charge >= 0.3 is 5.97 Å². The molecule has 0 aromatic heterocycles. The monoisotopic (exact) mass is 382 g/mol. The second-order valence-electron chi connectivity index (χ2n) is 5.06. The predicted octanol–water partition coefficient (Wildman–Crippen LogP) is 2.58. The third-order valence-corrected chi connectivity index (χ3v) is 5.26. The fourth-order valence-corrected chi connectivity index (χ4v) is 3.84. The van der Waals surface area contributed by atoms with Gasteiger partial charge in [0.15, 0.2) is 0 Å². The maximum absolute atomic E-state index is 12.9. The highest BCUT2D eigenvalue weighted by Crippen LogP contribution is 2.30. The molecule has 0 saturated carbocycles. The van der Waals surface area contributed by atoms with Gasteiger partial charge < -0.3 is 10.4 Å². The second-order valence-corrected chi connectivity index (χ2v) is 7.33. The molecule has 0 aliphatic carbocycles. The normalized spacial score (nSPS) is 11.0. The molecule has 0 saturated heterocycles. The number of benzene rings is 2. The van der Waals surface area contributed by atoms with E-state index in [4.69, 9.17) is 16.7 Å². The molecule has 0 heterocycles. The molecule has 2 aromatic carbocycles. The predicted molar refractivity (Wildman–Crippen MR) is 94.4 cm³/mol. The lowest BCUT2D eigenvalue weighted by Crippen LogP contribution is -2.36. The van der Waals surface area contributed by atoms with Crippen molar-refractivity contribution in [3.63, 3.8) is 0 Å². The first-order valence-electron chi connectivity index (χ1n) is 7.08. The van der Waals surface area contributed by atoms with Crippen molar-refractivity contribution < 1.29 is 23.1 Å². The molecule has 0 aliphatic heterocycles. The van der Waals surface area contributed by atoms with E-state index < -0.39 is 22.5 Å². The number of anilines is 2. The minimum absolute atomic E-state index is 0.0671. The van der Waals surface area contributed by atoms with Crippen LogP contribution in [0, 0.1) is 0 Å². The minimum Gasteiger partial charge on any atom is -0.480 e. The van der Waals surface area contributed by atoms with Crippen LogP contribution in [0.15, 0.2) is 53.4 Å². The van der Waals surface area contributed by atoms with E-state index in [-0.39, 0.29) is 21.5 Å². The van der Waals surface area contributed by atoms with Gasteiger partial charge in [0.05, 0.1) is 15.6 Å². The van der Waals surface area contributed by atoms with Crippen molar-refractivity contribution in [2.24, 2.45) is 0 Å². The van der Waals surface area contributed by atoms with Crippen LogP contribution in [-0.4, -0.2) is 31.9 Å². The number of para-hydroxylation sites is 1. The van der Waals surface area contributed by atoms with Gasteiger partial charge in [-0.25, -0.2) is 8.42 Å². The standard InChI is InChI=1S/C16H15ClN2O5S/c1-11(20)18-12-6-8-13(9-7-12)25(23,24)19(10-16(21)22)15-5-3-2-4-14(15)17/h2-9H,10H2,1H3,(H,18,20)(H,21,22). The Kier molecular flexibility index (Phi) is 5.66. The molecule has 0 aliphatic rings. The molecule has 2 rings (SSSR count). The van der Waals surface area contributed by atoms with Gasteiger partial charge in [0.25, 0.3) is 10.0 Å². The zero-order valence-corrected chi connectivity index (χ0v) is 14.7. The quantitative estimate of drug-likeness (QED) is 0.799. The Labute approximate surface area is 149 Å². The van der Waals surface area contributed by atoms with E-state index in [1.807, 2.05) is 0 Å². The van der Waals surface area contributed by atoms with Crippen LogP contribution in [0.2, 0.25) is 5.02 Å². The lowest BCUT2D eigenvalue weighted by Gasteiger charge is -2.23. The Balaban J connectivity index is 2.46. The molecule has 132 valence electrons. The number of halogens is 1. The summed E-state index contributed by atoms with van der Waals surface area (Å²) in [4.78, 5) is 22.1. The van der Waals surface area contributed by atoms with E-state index >= 15 is 0 Å². The lowest BCUT2D eigenvalue weighted by atomic mass is 10.3. The van der Waals surface area contributed by atoms with Gasteiger partial charge in [0.1, 0.15) is 6.54 Å². The number of carboxylic acids is 1.